The molecule has 28 heavy (non-hydrogen) atoms. The van der Waals surface area contributed by atoms with Crippen molar-refractivity contribution in [3.05, 3.63) is 53.7 Å². The first kappa shape index (κ1) is 19.9. The summed E-state index contributed by atoms with van der Waals surface area (Å²) in [6, 6.07) is 7.15. The summed E-state index contributed by atoms with van der Waals surface area (Å²) in [5, 5.41) is 0. The maximum Gasteiger partial charge on any atom is 0.329 e. The summed E-state index contributed by atoms with van der Waals surface area (Å²) in [5.74, 6) is -1.82. The first-order valence-corrected chi connectivity index (χ1v) is 10.2. The number of rotatable bonds is 5. The summed E-state index contributed by atoms with van der Waals surface area (Å²) >= 11 is 0. The molecule has 1 saturated heterocycles. The molecule has 10 heteroatoms. The van der Waals surface area contributed by atoms with Gasteiger partial charge in [-0.1, -0.05) is 0 Å². The minimum atomic E-state index is -3.44. The second-order valence-corrected chi connectivity index (χ2v) is 8.39. The van der Waals surface area contributed by atoms with Crippen LogP contribution in [0.5, 0.6) is 5.75 Å². The van der Waals surface area contributed by atoms with Crippen molar-refractivity contribution in [2.24, 2.45) is 0 Å². The molecule has 8 nitrogen and oxygen atoms in total. The van der Waals surface area contributed by atoms with Crippen LogP contribution in [0.2, 0.25) is 0 Å². The minimum Gasteiger partial charge on any atom is -0.486 e. The van der Waals surface area contributed by atoms with Crippen LogP contribution in [0, 0.1) is 5.82 Å². The van der Waals surface area contributed by atoms with E-state index in [0.29, 0.717) is 11.5 Å². The average Bonchev–Trinajstić information content (AvgIpc) is 3.15. The van der Waals surface area contributed by atoms with E-state index in [1.54, 1.807) is 0 Å². The van der Waals surface area contributed by atoms with Crippen LogP contribution in [-0.2, 0) is 26.0 Å². The summed E-state index contributed by atoms with van der Waals surface area (Å²) in [5.41, 5.74) is 0. The van der Waals surface area contributed by atoms with Crippen molar-refractivity contribution in [2.45, 2.75) is 12.6 Å². The zero-order valence-electron chi connectivity index (χ0n) is 15.0. The molecule has 1 aliphatic rings. The molecule has 150 valence electrons. The second-order valence-electron chi connectivity index (χ2n) is 6.16. The fourth-order valence-corrected chi connectivity index (χ4v) is 4.22. The minimum absolute atomic E-state index is 0.00766. The van der Waals surface area contributed by atoms with E-state index in [4.69, 9.17) is 9.15 Å². The number of esters is 1. The molecule has 2 aromatic rings. The number of hydrogen-bond donors (Lipinski definition) is 0. The lowest BCUT2D eigenvalue weighted by Crippen LogP contribution is -2.55. The van der Waals surface area contributed by atoms with E-state index in [9.17, 15) is 22.4 Å². The van der Waals surface area contributed by atoms with Gasteiger partial charge in [-0.05, 0) is 36.4 Å². The fourth-order valence-electron chi connectivity index (χ4n) is 2.78. The van der Waals surface area contributed by atoms with Crippen LogP contribution in [0.4, 0.5) is 4.39 Å². The number of carbonyl (C=O) groups is 2. The number of amides is 1. The Bertz CT molecular complexity index is 968. The van der Waals surface area contributed by atoms with E-state index >= 15 is 0 Å². The Hall–Kier alpha value is -2.88. The van der Waals surface area contributed by atoms with Gasteiger partial charge in [-0.2, -0.15) is 0 Å². The predicted octanol–water partition coefficient (Wildman–Crippen LogP) is 1.41. The number of methoxy groups -OCH3 is 1. The van der Waals surface area contributed by atoms with E-state index in [1.807, 2.05) is 0 Å². The standard InChI is InChI=1S/C18H18FNO7S/c1-25-18(22)15-11-28(23,24)9-8-20(15)17(21)16-7-6-14(27-16)10-26-13-4-2-12(19)3-5-13/h2-7,15H,8-11H2,1H3/t15-/m0/s1. The van der Waals surface area contributed by atoms with Gasteiger partial charge in [0.25, 0.3) is 5.91 Å². The molecule has 1 aliphatic heterocycles. The van der Waals surface area contributed by atoms with Gasteiger partial charge in [-0.25, -0.2) is 17.6 Å². The third kappa shape index (κ3) is 4.50. The highest BCUT2D eigenvalue weighted by atomic mass is 32.2. The van der Waals surface area contributed by atoms with Crippen LogP contribution in [0.15, 0.2) is 40.8 Å². The molecule has 3 rings (SSSR count). The first-order valence-electron chi connectivity index (χ1n) is 8.35. The predicted molar refractivity (Wildman–Crippen MR) is 94.9 cm³/mol. The van der Waals surface area contributed by atoms with Crippen molar-refractivity contribution in [2.75, 3.05) is 25.2 Å². The molecule has 1 aromatic carbocycles. The first-order chi connectivity index (χ1) is 13.3. The molecule has 0 N–H and O–H groups in total. The van der Waals surface area contributed by atoms with E-state index < -0.39 is 33.5 Å². The molecular weight excluding hydrogens is 393 g/mol. The van der Waals surface area contributed by atoms with Crippen molar-refractivity contribution in [1.29, 1.82) is 0 Å². The van der Waals surface area contributed by atoms with Crippen molar-refractivity contribution < 1.29 is 36.3 Å². The molecule has 0 unspecified atom stereocenters. The van der Waals surface area contributed by atoms with Gasteiger partial charge in [-0.3, -0.25) is 4.79 Å². The van der Waals surface area contributed by atoms with Crippen LogP contribution < -0.4 is 4.74 Å². The smallest absolute Gasteiger partial charge is 0.329 e. The highest BCUT2D eigenvalue weighted by molar-refractivity contribution is 7.91. The number of ether oxygens (including phenoxy) is 2. The van der Waals surface area contributed by atoms with Gasteiger partial charge >= 0.3 is 5.97 Å². The molecule has 0 saturated carbocycles. The molecular formula is C18H18FNO7S. The van der Waals surface area contributed by atoms with E-state index in [-0.39, 0.29) is 30.5 Å². The quantitative estimate of drug-likeness (QED) is 0.686. The Morgan fingerprint density at radius 1 is 1.21 bits per heavy atom. The van der Waals surface area contributed by atoms with Crippen molar-refractivity contribution >= 4 is 21.7 Å². The summed E-state index contributed by atoms with van der Waals surface area (Å²) in [7, 11) is -2.32. The number of benzene rings is 1. The van der Waals surface area contributed by atoms with Gasteiger partial charge in [0.05, 0.1) is 18.6 Å². The summed E-state index contributed by atoms with van der Waals surface area (Å²) in [6.45, 7) is -0.128. The van der Waals surface area contributed by atoms with Crippen molar-refractivity contribution in [1.82, 2.24) is 4.90 Å². The summed E-state index contributed by atoms with van der Waals surface area (Å²) in [4.78, 5) is 25.8. The van der Waals surface area contributed by atoms with Gasteiger partial charge in [-0.15, -0.1) is 0 Å². The maximum absolute atomic E-state index is 12.9. The molecule has 1 atom stereocenters. The zero-order valence-corrected chi connectivity index (χ0v) is 15.8. The van der Waals surface area contributed by atoms with E-state index in [0.717, 1.165) is 12.0 Å². The molecule has 0 bridgehead atoms. The Labute approximate surface area is 160 Å². The van der Waals surface area contributed by atoms with Crippen molar-refractivity contribution in [3.63, 3.8) is 0 Å². The fraction of sp³-hybridized carbons (Fsp3) is 0.333. The monoisotopic (exact) mass is 411 g/mol. The molecule has 1 amide bonds. The lowest BCUT2D eigenvalue weighted by Gasteiger charge is -2.32. The number of hydrogen-bond acceptors (Lipinski definition) is 7. The molecule has 0 aliphatic carbocycles. The van der Waals surface area contributed by atoms with Crippen LogP contribution in [0.1, 0.15) is 16.3 Å². The van der Waals surface area contributed by atoms with Gasteiger partial charge in [0.15, 0.2) is 15.6 Å². The third-order valence-corrected chi connectivity index (χ3v) is 5.86. The zero-order chi connectivity index (χ0) is 20.3. The lowest BCUT2D eigenvalue weighted by molar-refractivity contribution is -0.145. The third-order valence-electron chi connectivity index (χ3n) is 4.23. The summed E-state index contributed by atoms with van der Waals surface area (Å²) in [6.07, 6.45) is 0. The van der Waals surface area contributed by atoms with Gasteiger partial charge < -0.3 is 18.8 Å². The number of furan rings is 1. The summed E-state index contributed by atoms with van der Waals surface area (Å²) < 4.78 is 52.1. The molecule has 1 fully saturated rings. The van der Waals surface area contributed by atoms with Crippen LogP contribution >= 0.6 is 0 Å². The van der Waals surface area contributed by atoms with Gasteiger partial charge in [0.2, 0.25) is 0 Å². The molecule has 1 aromatic heterocycles. The topological polar surface area (TPSA) is 103 Å². The molecule has 0 spiro atoms. The Morgan fingerprint density at radius 3 is 2.61 bits per heavy atom. The number of halogens is 1. The number of carbonyl (C=O) groups excluding carboxylic acids is 2. The van der Waals surface area contributed by atoms with E-state index in [1.165, 1.54) is 36.4 Å². The van der Waals surface area contributed by atoms with Crippen molar-refractivity contribution in [3.8, 4) is 5.75 Å². The SMILES string of the molecule is COC(=O)[C@@H]1CS(=O)(=O)CCN1C(=O)c1ccc(COc2ccc(F)cc2)o1. The Morgan fingerprint density at radius 2 is 1.93 bits per heavy atom. The Balaban J connectivity index is 1.70. The highest BCUT2D eigenvalue weighted by Gasteiger charge is 2.40. The molecule has 2 heterocycles. The van der Waals surface area contributed by atoms with Crippen LogP contribution in [-0.4, -0.2) is 56.4 Å². The largest absolute Gasteiger partial charge is 0.486 e. The normalized spacial score (nSPS) is 18.5. The van der Waals surface area contributed by atoms with Crippen LogP contribution in [0.3, 0.4) is 0 Å². The second kappa shape index (κ2) is 8.01. The van der Waals surface area contributed by atoms with E-state index in [2.05, 4.69) is 4.74 Å². The Kier molecular flexibility index (Phi) is 5.68. The van der Waals surface area contributed by atoms with Crippen LogP contribution in [0.25, 0.3) is 0 Å². The lowest BCUT2D eigenvalue weighted by atomic mass is 10.2. The van der Waals surface area contributed by atoms with Gasteiger partial charge in [0.1, 0.15) is 30.0 Å². The maximum atomic E-state index is 12.9. The number of nitrogens with zero attached hydrogens (tertiary/aromatic N) is 1. The highest BCUT2D eigenvalue weighted by Crippen LogP contribution is 2.20. The van der Waals surface area contributed by atoms with Gasteiger partial charge in [0, 0.05) is 6.54 Å². The number of sulfone groups is 1. The average molecular weight is 411 g/mol. The molecule has 0 radical (unpaired) electrons.